The van der Waals surface area contributed by atoms with Crippen LogP contribution in [0.1, 0.15) is 32.6 Å². The van der Waals surface area contributed by atoms with Crippen LogP contribution in [-0.2, 0) is 9.53 Å². The number of amides is 1. The van der Waals surface area contributed by atoms with E-state index in [1.807, 2.05) is 6.92 Å². The predicted molar refractivity (Wildman–Crippen MR) is 63.5 cm³/mol. The average molecular weight is 246 g/mol. The van der Waals surface area contributed by atoms with Crippen LogP contribution in [0.2, 0.25) is 0 Å². The van der Waals surface area contributed by atoms with Gasteiger partial charge in [0, 0.05) is 12.4 Å². The fourth-order valence-corrected chi connectivity index (χ4v) is 2.71. The zero-order valence-corrected chi connectivity index (χ0v) is 10.6. The van der Waals surface area contributed by atoms with Crippen LogP contribution in [-0.4, -0.2) is 31.0 Å². The van der Waals surface area contributed by atoms with Crippen molar-refractivity contribution in [3.05, 3.63) is 0 Å². The SMILES string of the molecule is CC1CC(C(=O)NCC2(CCCl)CC2)CO1. The van der Waals surface area contributed by atoms with Gasteiger partial charge in [0.2, 0.25) is 5.91 Å². The van der Waals surface area contributed by atoms with Gasteiger partial charge in [-0.25, -0.2) is 0 Å². The van der Waals surface area contributed by atoms with Gasteiger partial charge in [0.15, 0.2) is 0 Å². The first kappa shape index (κ1) is 12.2. The van der Waals surface area contributed by atoms with Crippen LogP contribution >= 0.6 is 11.6 Å². The molecule has 2 atom stereocenters. The molecular formula is C12H20ClNO2. The standard InChI is InChI=1S/C12H20ClNO2/c1-9-6-10(7-16-9)11(15)14-8-12(2-3-12)4-5-13/h9-10H,2-8H2,1H3,(H,14,15). The number of ether oxygens (including phenoxy) is 1. The number of hydrogen-bond donors (Lipinski definition) is 1. The molecule has 0 aromatic rings. The molecule has 2 fully saturated rings. The third-order valence-electron chi connectivity index (χ3n) is 3.79. The first-order chi connectivity index (χ1) is 7.65. The van der Waals surface area contributed by atoms with Gasteiger partial charge in [-0.3, -0.25) is 4.79 Å². The van der Waals surface area contributed by atoms with Crippen LogP contribution in [0, 0.1) is 11.3 Å². The second kappa shape index (κ2) is 4.92. The van der Waals surface area contributed by atoms with Crippen molar-refractivity contribution >= 4 is 17.5 Å². The van der Waals surface area contributed by atoms with Crippen LogP contribution in [0.4, 0.5) is 0 Å². The average Bonchev–Trinajstić information content (AvgIpc) is 2.89. The Balaban J connectivity index is 1.72. The minimum Gasteiger partial charge on any atom is -0.378 e. The summed E-state index contributed by atoms with van der Waals surface area (Å²) in [6.07, 6.45) is 4.52. The van der Waals surface area contributed by atoms with Crippen molar-refractivity contribution in [2.24, 2.45) is 11.3 Å². The lowest BCUT2D eigenvalue weighted by Crippen LogP contribution is -2.35. The van der Waals surface area contributed by atoms with Gasteiger partial charge in [0.05, 0.1) is 18.6 Å². The van der Waals surface area contributed by atoms with Crippen molar-refractivity contribution in [3.63, 3.8) is 0 Å². The molecule has 0 aromatic heterocycles. The largest absolute Gasteiger partial charge is 0.378 e. The highest BCUT2D eigenvalue weighted by Crippen LogP contribution is 2.48. The number of nitrogens with one attached hydrogen (secondary N) is 1. The smallest absolute Gasteiger partial charge is 0.225 e. The lowest BCUT2D eigenvalue weighted by atomic mass is 10.0. The van der Waals surface area contributed by atoms with Crippen LogP contribution in [0.3, 0.4) is 0 Å². The van der Waals surface area contributed by atoms with E-state index in [0.29, 0.717) is 17.9 Å². The summed E-state index contributed by atoms with van der Waals surface area (Å²) in [6.45, 7) is 3.39. The van der Waals surface area contributed by atoms with E-state index in [9.17, 15) is 4.79 Å². The van der Waals surface area contributed by atoms with Gasteiger partial charge in [0.25, 0.3) is 0 Å². The van der Waals surface area contributed by atoms with Crippen LogP contribution in [0.25, 0.3) is 0 Å². The molecule has 1 aliphatic heterocycles. The third-order valence-corrected chi connectivity index (χ3v) is 3.98. The van der Waals surface area contributed by atoms with Crippen molar-refractivity contribution in [2.75, 3.05) is 19.0 Å². The summed E-state index contributed by atoms with van der Waals surface area (Å²) in [5.41, 5.74) is 0.322. The van der Waals surface area contributed by atoms with Gasteiger partial charge in [-0.1, -0.05) is 0 Å². The molecular weight excluding hydrogens is 226 g/mol. The second-order valence-electron chi connectivity index (χ2n) is 5.23. The fraction of sp³-hybridized carbons (Fsp3) is 0.917. The van der Waals surface area contributed by atoms with Crippen molar-refractivity contribution in [1.82, 2.24) is 5.32 Å². The maximum atomic E-state index is 11.8. The van der Waals surface area contributed by atoms with Gasteiger partial charge in [-0.15, -0.1) is 11.6 Å². The van der Waals surface area contributed by atoms with Gasteiger partial charge in [0.1, 0.15) is 0 Å². The summed E-state index contributed by atoms with van der Waals surface area (Å²) in [5, 5.41) is 3.06. The molecule has 16 heavy (non-hydrogen) atoms. The topological polar surface area (TPSA) is 38.3 Å². The predicted octanol–water partition coefficient (Wildman–Crippen LogP) is 1.94. The highest BCUT2D eigenvalue weighted by Gasteiger charge is 2.42. The molecule has 2 rings (SSSR count). The summed E-state index contributed by atoms with van der Waals surface area (Å²) in [4.78, 5) is 11.8. The molecule has 1 saturated carbocycles. The van der Waals surface area contributed by atoms with E-state index in [4.69, 9.17) is 16.3 Å². The Morgan fingerprint density at radius 3 is 2.81 bits per heavy atom. The second-order valence-corrected chi connectivity index (χ2v) is 5.61. The van der Waals surface area contributed by atoms with E-state index in [2.05, 4.69) is 5.32 Å². The first-order valence-corrected chi connectivity index (χ1v) is 6.64. The van der Waals surface area contributed by atoms with Gasteiger partial charge >= 0.3 is 0 Å². The Morgan fingerprint density at radius 2 is 2.31 bits per heavy atom. The number of carbonyl (C=O) groups excluding carboxylic acids is 1. The molecule has 92 valence electrons. The van der Waals surface area contributed by atoms with Gasteiger partial charge in [-0.2, -0.15) is 0 Å². The zero-order valence-electron chi connectivity index (χ0n) is 9.80. The normalized spacial score (nSPS) is 31.4. The number of halogens is 1. The molecule has 3 nitrogen and oxygen atoms in total. The summed E-state index contributed by atoms with van der Waals surface area (Å²) in [7, 11) is 0. The molecule has 0 aromatic carbocycles. The highest BCUT2D eigenvalue weighted by molar-refractivity contribution is 6.17. The van der Waals surface area contributed by atoms with Crippen molar-refractivity contribution in [3.8, 4) is 0 Å². The molecule has 0 spiro atoms. The van der Waals surface area contributed by atoms with E-state index in [1.54, 1.807) is 0 Å². The lowest BCUT2D eigenvalue weighted by molar-refractivity contribution is -0.125. The Hall–Kier alpha value is -0.280. The quantitative estimate of drug-likeness (QED) is 0.752. The first-order valence-electron chi connectivity index (χ1n) is 6.10. The van der Waals surface area contributed by atoms with Crippen molar-refractivity contribution in [2.45, 2.75) is 38.7 Å². The van der Waals surface area contributed by atoms with E-state index < -0.39 is 0 Å². The highest BCUT2D eigenvalue weighted by atomic mass is 35.5. The van der Waals surface area contributed by atoms with E-state index in [1.165, 1.54) is 12.8 Å². The summed E-state index contributed by atoms with van der Waals surface area (Å²) in [5.74, 6) is 0.909. The van der Waals surface area contributed by atoms with Crippen LogP contribution in [0.5, 0.6) is 0 Å². The molecule has 2 aliphatic rings. The van der Waals surface area contributed by atoms with E-state index >= 15 is 0 Å². The number of alkyl halides is 1. The number of carbonyl (C=O) groups is 1. The third kappa shape index (κ3) is 2.89. The Bertz CT molecular complexity index is 266. The minimum atomic E-state index is 0.0572. The molecule has 1 amide bonds. The molecule has 2 unspecified atom stereocenters. The van der Waals surface area contributed by atoms with Gasteiger partial charge < -0.3 is 10.1 Å². The summed E-state index contributed by atoms with van der Waals surface area (Å²) < 4.78 is 5.40. The van der Waals surface area contributed by atoms with Crippen LogP contribution < -0.4 is 5.32 Å². The van der Waals surface area contributed by atoms with E-state index in [-0.39, 0.29) is 17.9 Å². The molecule has 1 N–H and O–H groups in total. The van der Waals surface area contributed by atoms with Gasteiger partial charge in [-0.05, 0) is 38.0 Å². The van der Waals surface area contributed by atoms with Crippen molar-refractivity contribution in [1.29, 1.82) is 0 Å². The summed E-state index contributed by atoms with van der Waals surface area (Å²) >= 11 is 5.75. The molecule has 1 heterocycles. The molecule has 4 heteroatoms. The number of hydrogen-bond acceptors (Lipinski definition) is 2. The van der Waals surface area contributed by atoms with E-state index in [0.717, 1.165) is 19.4 Å². The Labute approximate surface area is 102 Å². The molecule has 1 saturated heterocycles. The Morgan fingerprint density at radius 1 is 1.56 bits per heavy atom. The fourth-order valence-electron chi connectivity index (χ4n) is 2.31. The number of rotatable bonds is 5. The monoisotopic (exact) mass is 245 g/mol. The molecule has 0 radical (unpaired) electrons. The molecule has 0 bridgehead atoms. The maximum absolute atomic E-state index is 11.8. The Kier molecular flexibility index (Phi) is 3.75. The van der Waals surface area contributed by atoms with Crippen molar-refractivity contribution < 1.29 is 9.53 Å². The minimum absolute atomic E-state index is 0.0572. The lowest BCUT2D eigenvalue weighted by Gasteiger charge is -2.16. The maximum Gasteiger partial charge on any atom is 0.225 e. The molecule has 1 aliphatic carbocycles. The summed E-state index contributed by atoms with van der Waals surface area (Å²) in [6, 6.07) is 0. The van der Waals surface area contributed by atoms with Crippen LogP contribution in [0.15, 0.2) is 0 Å². The zero-order chi connectivity index (χ0) is 11.6.